The smallest absolute Gasteiger partial charge is 0.272 e. The van der Waals surface area contributed by atoms with Gasteiger partial charge in [0.25, 0.3) is 5.91 Å². The van der Waals surface area contributed by atoms with Crippen molar-refractivity contribution in [1.29, 1.82) is 0 Å². The summed E-state index contributed by atoms with van der Waals surface area (Å²) in [7, 11) is 1.66. The van der Waals surface area contributed by atoms with E-state index in [1.165, 1.54) is 6.20 Å². The van der Waals surface area contributed by atoms with Crippen LogP contribution in [0.4, 0.5) is 5.69 Å². The van der Waals surface area contributed by atoms with E-state index in [1.54, 1.807) is 31.7 Å². The molecule has 1 amide bonds. The topological polar surface area (TPSA) is 79.2 Å². The van der Waals surface area contributed by atoms with Crippen LogP contribution in [0.15, 0.2) is 108 Å². The highest BCUT2D eigenvalue weighted by Gasteiger charge is 2.30. The highest BCUT2D eigenvalue weighted by Crippen LogP contribution is 2.37. The molecule has 5 rings (SSSR count). The van der Waals surface area contributed by atoms with Crippen LogP contribution in [0.3, 0.4) is 0 Å². The van der Waals surface area contributed by atoms with Crippen LogP contribution in [0.25, 0.3) is 0 Å². The zero-order chi connectivity index (χ0) is 25.6. The van der Waals surface area contributed by atoms with Crippen molar-refractivity contribution in [3.8, 4) is 5.75 Å². The number of halogens is 1. The molecule has 0 radical (unpaired) electrons. The van der Waals surface area contributed by atoms with Gasteiger partial charge < -0.3 is 4.74 Å². The van der Waals surface area contributed by atoms with E-state index in [9.17, 15) is 4.79 Å². The highest BCUT2D eigenvalue weighted by molar-refractivity contribution is 6.30. The maximum absolute atomic E-state index is 12.1. The lowest BCUT2D eigenvalue weighted by Crippen LogP contribution is -2.18. The van der Waals surface area contributed by atoms with E-state index in [-0.39, 0.29) is 11.9 Å². The zero-order valence-electron chi connectivity index (χ0n) is 20.1. The van der Waals surface area contributed by atoms with Gasteiger partial charge in [-0.2, -0.15) is 10.2 Å². The summed E-state index contributed by atoms with van der Waals surface area (Å²) in [5, 5.41) is 11.8. The van der Waals surface area contributed by atoms with Crippen molar-refractivity contribution in [3.05, 3.63) is 125 Å². The highest BCUT2D eigenvalue weighted by atomic mass is 35.5. The number of pyridine rings is 1. The third-order valence-corrected chi connectivity index (χ3v) is 6.30. The Morgan fingerprint density at radius 3 is 2.49 bits per heavy atom. The quantitative estimate of drug-likeness (QED) is 0.250. The largest absolute Gasteiger partial charge is 0.497 e. The predicted octanol–water partition coefficient (Wildman–Crippen LogP) is 5.86. The molecule has 8 heteroatoms. The molecule has 184 valence electrons. The van der Waals surface area contributed by atoms with Crippen molar-refractivity contribution in [2.24, 2.45) is 10.2 Å². The summed E-state index contributed by atoms with van der Waals surface area (Å²) in [5.74, 6) is 0.496. The Morgan fingerprint density at radius 2 is 1.81 bits per heavy atom. The molecule has 1 aliphatic heterocycles. The van der Waals surface area contributed by atoms with Crippen LogP contribution in [0.5, 0.6) is 5.75 Å². The number of nitrogens with one attached hydrogen (secondary N) is 1. The fraction of sp³-hybridized carbons (Fsp3) is 0.103. The van der Waals surface area contributed by atoms with Crippen molar-refractivity contribution < 1.29 is 9.53 Å². The molecular weight excluding hydrogens is 486 g/mol. The summed E-state index contributed by atoms with van der Waals surface area (Å²) in [5.41, 5.74) is 7.92. The number of hydrogen-bond donors (Lipinski definition) is 1. The first-order chi connectivity index (χ1) is 18.1. The minimum atomic E-state index is -0.315. The summed E-state index contributed by atoms with van der Waals surface area (Å²) in [6, 6.07) is 27.1. The lowest BCUT2D eigenvalue weighted by atomic mass is 9.98. The second-order valence-electron chi connectivity index (χ2n) is 8.42. The van der Waals surface area contributed by atoms with Crippen LogP contribution in [-0.4, -0.2) is 29.9 Å². The Morgan fingerprint density at radius 1 is 1.05 bits per heavy atom. The van der Waals surface area contributed by atoms with E-state index < -0.39 is 0 Å². The Kier molecular flexibility index (Phi) is 7.23. The van der Waals surface area contributed by atoms with Crippen LogP contribution in [0.2, 0.25) is 5.02 Å². The first-order valence-electron chi connectivity index (χ1n) is 11.7. The summed E-state index contributed by atoms with van der Waals surface area (Å²) in [6.07, 6.45) is 5.46. The molecule has 2 heterocycles. The lowest BCUT2D eigenvalue weighted by Gasteiger charge is -2.24. The Balaban J connectivity index is 1.36. The van der Waals surface area contributed by atoms with E-state index >= 15 is 0 Å². The van der Waals surface area contributed by atoms with Gasteiger partial charge in [0.2, 0.25) is 0 Å². The lowest BCUT2D eigenvalue weighted by molar-refractivity contribution is 0.0955. The van der Waals surface area contributed by atoms with Crippen molar-refractivity contribution in [1.82, 2.24) is 10.4 Å². The Bertz CT molecular complexity index is 1420. The molecule has 7 nitrogen and oxygen atoms in total. The van der Waals surface area contributed by atoms with Gasteiger partial charge in [0.15, 0.2) is 0 Å². The number of aromatic nitrogens is 1. The van der Waals surface area contributed by atoms with Gasteiger partial charge >= 0.3 is 0 Å². The summed E-state index contributed by atoms with van der Waals surface area (Å²) >= 11 is 6.10. The van der Waals surface area contributed by atoms with E-state index in [1.807, 2.05) is 65.7 Å². The first-order valence-corrected chi connectivity index (χ1v) is 12.1. The van der Waals surface area contributed by atoms with E-state index in [0.717, 1.165) is 40.3 Å². The second kappa shape index (κ2) is 11.1. The number of ether oxygens (including phenoxy) is 1. The number of rotatable bonds is 7. The van der Waals surface area contributed by atoms with E-state index in [2.05, 4.69) is 27.6 Å². The Hall–Kier alpha value is -4.49. The third kappa shape index (κ3) is 5.68. The van der Waals surface area contributed by atoms with Crippen molar-refractivity contribution >= 4 is 35.1 Å². The second-order valence-corrected chi connectivity index (χ2v) is 8.86. The van der Waals surface area contributed by atoms with Crippen LogP contribution in [-0.2, 0) is 0 Å². The fourth-order valence-electron chi connectivity index (χ4n) is 4.09. The normalized spacial score (nSPS) is 15.0. The van der Waals surface area contributed by atoms with Crippen LogP contribution >= 0.6 is 11.6 Å². The number of benzene rings is 3. The van der Waals surface area contributed by atoms with Gasteiger partial charge in [0, 0.05) is 23.8 Å². The molecule has 1 N–H and O–H groups in total. The number of methoxy groups -OCH3 is 1. The van der Waals surface area contributed by atoms with Crippen molar-refractivity contribution in [3.63, 3.8) is 0 Å². The Labute approximate surface area is 220 Å². The molecule has 0 bridgehead atoms. The molecule has 0 saturated heterocycles. The first kappa shape index (κ1) is 24.2. The molecule has 1 atom stereocenters. The number of carbonyl (C=O) groups excluding carboxylic acids is 1. The standard InChI is InChI=1S/C29H24ClN5O2/c1-37-26-14-8-22(9-15-26)28-17-27(21-6-10-24(30)11-7-21)34-35(28)25-12-4-20(5-13-25)18-32-33-29(36)23-3-2-16-31-19-23/h2-16,18-19,28H,17H2,1H3,(H,33,36). The third-order valence-electron chi connectivity index (χ3n) is 6.05. The van der Waals surface area contributed by atoms with E-state index in [4.69, 9.17) is 21.4 Å². The van der Waals surface area contributed by atoms with Crippen LogP contribution < -0.4 is 15.2 Å². The molecule has 1 aliphatic rings. The molecule has 3 aromatic carbocycles. The van der Waals surface area contributed by atoms with Gasteiger partial charge in [-0.1, -0.05) is 48.0 Å². The molecule has 37 heavy (non-hydrogen) atoms. The van der Waals surface area contributed by atoms with Gasteiger partial charge in [-0.3, -0.25) is 14.8 Å². The summed E-state index contributed by atoms with van der Waals surface area (Å²) in [6.45, 7) is 0. The number of nitrogens with zero attached hydrogens (tertiary/aromatic N) is 4. The van der Waals surface area contributed by atoms with Crippen LogP contribution in [0, 0.1) is 0 Å². The van der Waals surface area contributed by atoms with E-state index in [0.29, 0.717) is 10.6 Å². The number of anilines is 1. The molecular formula is C29H24ClN5O2. The zero-order valence-corrected chi connectivity index (χ0v) is 20.8. The number of carbonyl (C=O) groups is 1. The molecule has 0 spiro atoms. The number of hydrogen-bond acceptors (Lipinski definition) is 6. The monoisotopic (exact) mass is 509 g/mol. The van der Waals surface area contributed by atoms with Gasteiger partial charge in [-0.05, 0) is 65.2 Å². The predicted molar refractivity (Wildman–Crippen MR) is 147 cm³/mol. The average molecular weight is 510 g/mol. The maximum atomic E-state index is 12.1. The minimum Gasteiger partial charge on any atom is -0.497 e. The SMILES string of the molecule is COc1ccc(C2CC(c3ccc(Cl)cc3)=NN2c2ccc(C=NNC(=O)c3cccnc3)cc2)cc1. The van der Waals surface area contributed by atoms with Crippen LogP contribution in [0.1, 0.15) is 39.5 Å². The van der Waals surface area contributed by atoms with Crippen molar-refractivity contribution in [2.45, 2.75) is 12.5 Å². The minimum absolute atomic E-state index is 0.0230. The maximum Gasteiger partial charge on any atom is 0.272 e. The fourth-order valence-corrected chi connectivity index (χ4v) is 4.22. The number of hydrazone groups is 2. The molecule has 0 aliphatic carbocycles. The molecule has 0 fully saturated rings. The number of amides is 1. The molecule has 1 unspecified atom stereocenters. The van der Waals surface area contributed by atoms with Gasteiger partial charge in [0.1, 0.15) is 5.75 Å². The van der Waals surface area contributed by atoms with Gasteiger partial charge in [0.05, 0.1) is 36.3 Å². The molecule has 1 aromatic heterocycles. The molecule has 4 aromatic rings. The van der Waals surface area contributed by atoms with Gasteiger partial charge in [-0.25, -0.2) is 5.43 Å². The summed E-state index contributed by atoms with van der Waals surface area (Å²) in [4.78, 5) is 16.1. The summed E-state index contributed by atoms with van der Waals surface area (Å²) < 4.78 is 5.33. The average Bonchev–Trinajstić information content (AvgIpc) is 3.40. The van der Waals surface area contributed by atoms with Crippen molar-refractivity contribution in [2.75, 3.05) is 12.1 Å². The van der Waals surface area contributed by atoms with Gasteiger partial charge in [-0.15, -0.1) is 0 Å². The molecule has 0 saturated carbocycles.